The van der Waals surface area contributed by atoms with E-state index in [9.17, 15) is 9.59 Å². The van der Waals surface area contributed by atoms with E-state index in [1.165, 1.54) is 15.6 Å². The molecule has 2 aromatic rings. The Kier molecular flexibility index (Phi) is 6.68. The quantitative estimate of drug-likeness (QED) is 0.763. The number of carbonyl (C=O) groups is 2. The number of amides is 2. The Balaban J connectivity index is 1.44. The Bertz CT molecular complexity index is 784. The average Bonchev–Trinajstić information content (AvgIpc) is 3.09. The fourth-order valence-electron chi connectivity index (χ4n) is 3.75. The van der Waals surface area contributed by atoms with Crippen LogP contribution in [-0.2, 0) is 11.2 Å². The van der Waals surface area contributed by atoms with Crippen LogP contribution in [0.15, 0.2) is 29.6 Å². The first-order chi connectivity index (χ1) is 13.1. The normalized spacial score (nSPS) is 15.4. The minimum absolute atomic E-state index is 0.0192. The number of hydrogen-bond donors (Lipinski definition) is 2. The van der Waals surface area contributed by atoms with E-state index in [-0.39, 0.29) is 18.6 Å². The molecule has 0 atom stereocenters. The second-order valence-electron chi connectivity index (χ2n) is 6.91. The van der Waals surface area contributed by atoms with Gasteiger partial charge in [-0.2, -0.15) is 0 Å². The maximum absolute atomic E-state index is 12.4. The van der Waals surface area contributed by atoms with Crippen molar-refractivity contribution in [2.45, 2.75) is 32.2 Å². The molecule has 3 rings (SSSR count). The van der Waals surface area contributed by atoms with Crippen LogP contribution in [0.4, 0.5) is 4.79 Å². The van der Waals surface area contributed by atoms with Gasteiger partial charge in [0.15, 0.2) is 0 Å². The number of fused-ring (bicyclic) bond motifs is 1. The van der Waals surface area contributed by atoms with Crippen LogP contribution in [0.5, 0.6) is 0 Å². The molecule has 2 N–H and O–H groups in total. The lowest BCUT2D eigenvalue weighted by atomic mass is 10.0. The van der Waals surface area contributed by atoms with Crippen LogP contribution >= 0.6 is 11.3 Å². The minimum Gasteiger partial charge on any atom is -0.480 e. The van der Waals surface area contributed by atoms with E-state index in [0.717, 1.165) is 25.8 Å². The summed E-state index contributed by atoms with van der Waals surface area (Å²) in [6.45, 7) is 4.75. The van der Waals surface area contributed by atoms with Gasteiger partial charge in [0.05, 0.1) is 6.54 Å². The molecule has 0 spiro atoms. The minimum atomic E-state index is -0.794. The van der Waals surface area contributed by atoms with Gasteiger partial charge in [-0.25, -0.2) is 4.79 Å². The number of nitrogens with zero attached hydrogens (tertiary/aromatic N) is 2. The maximum Gasteiger partial charge on any atom is 0.317 e. The number of carboxylic acid groups (broad SMARTS) is 1. The molecule has 1 aromatic heterocycles. The molecular weight excluding hydrogens is 362 g/mol. The number of thiophene rings is 1. The molecule has 1 saturated heterocycles. The summed E-state index contributed by atoms with van der Waals surface area (Å²) >= 11 is 1.74. The first-order valence-electron chi connectivity index (χ1n) is 9.52. The van der Waals surface area contributed by atoms with Crippen molar-refractivity contribution in [3.05, 3.63) is 35.2 Å². The largest absolute Gasteiger partial charge is 0.480 e. The Hall–Kier alpha value is -2.12. The van der Waals surface area contributed by atoms with E-state index >= 15 is 0 Å². The summed E-state index contributed by atoms with van der Waals surface area (Å²) in [6.07, 6.45) is 2.47. The van der Waals surface area contributed by atoms with Crippen molar-refractivity contribution in [3.8, 4) is 0 Å². The molecule has 0 unspecified atom stereocenters. The summed E-state index contributed by atoms with van der Waals surface area (Å²) in [6, 6.07) is 8.57. The average molecular weight is 390 g/mol. The van der Waals surface area contributed by atoms with Crippen LogP contribution in [0.3, 0.4) is 0 Å². The molecule has 7 heteroatoms. The Morgan fingerprint density at radius 1 is 1.30 bits per heavy atom. The number of carbonyl (C=O) groups excluding carboxylic acids is 1. The molecule has 0 radical (unpaired) electrons. The topological polar surface area (TPSA) is 72.9 Å². The number of nitrogens with one attached hydrogen (secondary N) is 1. The first-order valence-corrected chi connectivity index (χ1v) is 10.4. The van der Waals surface area contributed by atoms with Gasteiger partial charge in [0.1, 0.15) is 0 Å². The predicted octanol–water partition coefficient (Wildman–Crippen LogP) is 3.02. The molecule has 0 saturated carbocycles. The molecule has 1 aromatic carbocycles. The van der Waals surface area contributed by atoms with Crippen LogP contribution in [0.2, 0.25) is 0 Å². The Morgan fingerprint density at radius 3 is 2.74 bits per heavy atom. The predicted molar refractivity (Wildman–Crippen MR) is 108 cm³/mol. The molecule has 1 aliphatic rings. The number of benzene rings is 1. The van der Waals surface area contributed by atoms with Crippen LogP contribution < -0.4 is 5.32 Å². The molecule has 6 nitrogen and oxygen atoms in total. The molecule has 0 aliphatic carbocycles. The highest BCUT2D eigenvalue weighted by Crippen LogP contribution is 2.25. The zero-order valence-electron chi connectivity index (χ0n) is 15.7. The zero-order valence-corrected chi connectivity index (χ0v) is 16.5. The summed E-state index contributed by atoms with van der Waals surface area (Å²) < 4.78 is 1.28. The van der Waals surface area contributed by atoms with E-state index in [0.29, 0.717) is 19.6 Å². The van der Waals surface area contributed by atoms with E-state index in [1.807, 2.05) is 28.9 Å². The van der Waals surface area contributed by atoms with E-state index < -0.39 is 5.97 Å². The molecule has 2 amide bonds. The van der Waals surface area contributed by atoms with Crippen molar-refractivity contribution in [1.82, 2.24) is 15.1 Å². The number of hydrogen-bond acceptors (Lipinski definition) is 4. The summed E-state index contributed by atoms with van der Waals surface area (Å²) in [4.78, 5) is 27.2. The third-order valence-corrected chi connectivity index (χ3v) is 6.26. The van der Waals surface area contributed by atoms with Gasteiger partial charge in [0, 0.05) is 30.4 Å². The lowest BCUT2D eigenvalue weighted by Gasteiger charge is -2.37. The molecular formula is C20H27N3O3S. The van der Waals surface area contributed by atoms with Gasteiger partial charge in [-0.05, 0) is 48.2 Å². The van der Waals surface area contributed by atoms with Crippen molar-refractivity contribution < 1.29 is 14.7 Å². The first kappa shape index (κ1) is 19.6. The van der Waals surface area contributed by atoms with Gasteiger partial charge in [-0.3, -0.25) is 9.69 Å². The van der Waals surface area contributed by atoms with Gasteiger partial charge in [-0.15, -0.1) is 11.3 Å². The summed E-state index contributed by atoms with van der Waals surface area (Å²) in [5.74, 6) is -0.794. The Morgan fingerprint density at radius 2 is 2.04 bits per heavy atom. The second-order valence-corrected chi connectivity index (χ2v) is 7.83. The third kappa shape index (κ3) is 4.99. The number of likely N-dealkylation sites (N-methyl/N-ethyl adjacent to an activating group) is 1. The molecule has 146 valence electrons. The molecule has 0 bridgehead atoms. The number of aliphatic carboxylic acids is 1. The summed E-state index contributed by atoms with van der Waals surface area (Å²) in [7, 11) is 0. The summed E-state index contributed by atoms with van der Waals surface area (Å²) in [5, 5.41) is 15.5. The number of piperidine rings is 1. The van der Waals surface area contributed by atoms with Crippen molar-refractivity contribution >= 4 is 33.4 Å². The lowest BCUT2D eigenvalue weighted by Crippen LogP contribution is -2.50. The number of likely N-dealkylation sites (tertiary alicyclic amines) is 1. The van der Waals surface area contributed by atoms with Crippen LogP contribution in [0.25, 0.3) is 10.1 Å². The van der Waals surface area contributed by atoms with Gasteiger partial charge < -0.3 is 15.3 Å². The highest BCUT2D eigenvalue weighted by Gasteiger charge is 2.27. The van der Waals surface area contributed by atoms with Crippen molar-refractivity contribution in [2.24, 2.45) is 0 Å². The Labute approximate surface area is 163 Å². The fourth-order valence-corrected chi connectivity index (χ4v) is 4.75. The SMILES string of the molecule is CCN(CC(=O)O)C1CCN(C(=O)NCCc2csc3ccccc23)CC1. The second kappa shape index (κ2) is 9.19. The molecule has 2 heterocycles. The van der Waals surface area contributed by atoms with Gasteiger partial charge in [-0.1, -0.05) is 25.1 Å². The molecule has 1 aliphatic heterocycles. The maximum atomic E-state index is 12.4. The highest BCUT2D eigenvalue weighted by atomic mass is 32.1. The van der Waals surface area contributed by atoms with Gasteiger partial charge in [0.25, 0.3) is 0 Å². The number of rotatable bonds is 7. The number of carboxylic acids is 1. The molecule has 1 fully saturated rings. The highest BCUT2D eigenvalue weighted by molar-refractivity contribution is 7.17. The molecule has 27 heavy (non-hydrogen) atoms. The van der Waals surface area contributed by atoms with Crippen molar-refractivity contribution in [1.29, 1.82) is 0 Å². The zero-order chi connectivity index (χ0) is 19.2. The van der Waals surface area contributed by atoms with Gasteiger partial charge in [0.2, 0.25) is 0 Å². The van der Waals surface area contributed by atoms with E-state index in [1.54, 1.807) is 11.3 Å². The number of urea groups is 1. The third-order valence-electron chi connectivity index (χ3n) is 5.24. The lowest BCUT2D eigenvalue weighted by molar-refractivity contribution is -0.139. The van der Waals surface area contributed by atoms with Crippen LogP contribution in [0, 0.1) is 0 Å². The van der Waals surface area contributed by atoms with Crippen molar-refractivity contribution in [2.75, 3.05) is 32.7 Å². The van der Waals surface area contributed by atoms with Crippen LogP contribution in [-0.4, -0.2) is 65.7 Å². The fraction of sp³-hybridized carbons (Fsp3) is 0.500. The van der Waals surface area contributed by atoms with Gasteiger partial charge >= 0.3 is 12.0 Å². The van der Waals surface area contributed by atoms with E-state index in [4.69, 9.17) is 5.11 Å². The van der Waals surface area contributed by atoms with Crippen LogP contribution in [0.1, 0.15) is 25.3 Å². The summed E-state index contributed by atoms with van der Waals surface area (Å²) in [5.41, 5.74) is 1.28. The monoisotopic (exact) mass is 389 g/mol. The smallest absolute Gasteiger partial charge is 0.317 e. The van der Waals surface area contributed by atoms with E-state index in [2.05, 4.69) is 22.8 Å². The van der Waals surface area contributed by atoms with Crippen molar-refractivity contribution in [3.63, 3.8) is 0 Å². The standard InChI is InChI=1S/C20H27N3O3S/c1-2-22(13-19(24)25)16-8-11-23(12-9-16)20(26)21-10-7-15-14-27-18-6-4-3-5-17(15)18/h3-6,14,16H,2,7-13H2,1H3,(H,21,26)(H,24,25).